The van der Waals surface area contributed by atoms with Crippen molar-refractivity contribution in [2.24, 2.45) is 5.92 Å². The molecule has 1 aliphatic carbocycles. The van der Waals surface area contributed by atoms with Gasteiger partial charge in [0.25, 0.3) is 0 Å². The van der Waals surface area contributed by atoms with Gasteiger partial charge in [-0.1, -0.05) is 19.8 Å². The van der Waals surface area contributed by atoms with Gasteiger partial charge in [-0.05, 0) is 30.9 Å². The lowest BCUT2D eigenvalue weighted by molar-refractivity contribution is -0.115. The van der Waals surface area contributed by atoms with E-state index in [-0.39, 0.29) is 24.5 Å². The number of carbonyl (C=O) groups is 2. The molecule has 0 radical (unpaired) electrons. The highest BCUT2D eigenvalue weighted by Gasteiger charge is 2.20. The van der Waals surface area contributed by atoms with Crippen LogP contribution in [0, 0.1) is 5.92 Å². The third kappa shape index (κ3) is 5.41. The normalized spacial score (nSPS) is 21.4. The van der Waals surface area contributed by atoms with Crippen molar-refractivity contribution in [2.75, 3.05) is 11.9 Å². The molecule has 0 spiro atoms. The van der Waals surface area contributed by atoms with Crippen LogP contribution in [0.4, 0.5) is 10.5 Å². The van der Waals surface area contributed by atoms with Crippen LogP contribution in [0.3, 0.4) is 0 Å². The fourth-order valence-electron chi connectivity index (χ4n) is 2.60. The van der Waals surface area contributed by atoms with Crippen LogP contribution in [0.15, 0.2) is 24.5 Å². The van der Waals surface area contributed by atoms with Gasteiger partial charge in [-0.15, -0.1) is 0 Å². The SMILES string of the molecule is C[C@@H]1CCC[C@H](NC(=O)NCC(=O)Nc2cccnc2)C1. The van der Waals surface area contributed by atoms with E-state index in [0.717, 1.165) is 19.3 Å². The quantitative estimate of drug-likeness (QED) is 0.792. The predicted octanol–water partition coefficient (Wildman–Crippen LogP) is 1.90. The molecule has 2 atom stereocenters. The van der Waals surface area contributed by atoms with Crippen LogP contribution in [0.2, 0.25) is 0 Å². The van der Waals surface area contributed by atoms with Crippen molar-refractivity contribution in [3.05, 3.63) is 24.5 Å². The molecule has 6 nitrogen and oxygen atoms in total. The first-order valence-electron chi connectivity index (χ1n) is 7.37. The largest absolute Gasteiger partial charge is 0.335 e. The van der Waals surface area contributed by atoms with Gasteiger partial charge in [0.1, 0.15) is 0 Å². The number of carbonyl (C=O) groups excluding carboxylic acids is 2. The fourth-order valence-corrected chi connectivity index (χ4v) is 2.60. The Hall–Kier alpha value is -2.11. The zero-order valence-corrected chi connectivity index (χ0v) is 12.3. The Labute approximate surface area is 124 Å². The van der Waals surface area contributed by atoms with E-state index in [9.17, 15) is 9.59 Å². The summed E-state index contributed by atoms with van der Waals surface area (Å²) in [5.74, 6) is 0.382. The van der Waals surface area contributed by atoms with Gasteiger partial charge in [-0.25, -0.2) is 4.79 Å². The molecule has 1 aliphatic rings. The van der Waals surface area contributed by atoms with Gasteiger partial charge >= 0.3 is 6.03 Å². The number of nitrogens with one attached hydrogen (secondary N) is 3. The number of aromatic nitrogens is 1. The van der Waals surface area contributed by atoms with Gasteiger partial charge in [0.15, 0.2) is 0 Å². The molecule has 21 heavy (non-hydrogen) atoms. The second kappa shape index (κ2) is 7.61. The van der Waals surface area contributed by atoms with Crippen LogP contribution >= 0.6 is 0 Å². The van der Waals surface area contributed by atoms with Crippen LogP contribution in [0.5, 0.6) is 0 Å². The van der Waals surface area contributed by atoms with E-state index in [1.165, 1.54) is 6.42 Å². The molecule has 6 heteroatoms. The number of urea groups is 1. The molecular weight excluding hydrogens is 268 g/mol. The summed E-state index contributed by atoms with van der Waals surface area (Å²) in [5, 5.41) is 8.17. The second-order valence-electron chi connectivity index (χ2n) is 5.59. The van der Waals surface area contributed by atoms with Crippen LogP contribution < -0.4 is 16.0 Å². The third-order valence-electron chi connectivity index (χ3n) is 3.63. The highest BCUT2D eigenvalue weighted by atomic mass is 16.2. The molecular formula is C15H22N4O2. The fraction of sp³-hybridized carbons (Fsp3) is 0.533. The molecule has 114 valence electrons. The third-order valence-corrected chi connectivity index (χ3v) is 3.63. The van der Waals surface area contributed by atoms with Gasteiger partial charge in [-0.3, -0.25) is 9.78 Å². The van der Waals surface area contributed by atoms with E-state index < -0.39 is 0 Å². The molecule has 1 aromatic heterocycles. The first kappa shape index (κ1) is 15.3. The number of anilines is 1. The lowest BCUT2D eigenvalue weighted by atomic mass is 9.87. The summed E-state index contributed by atoms with van der Waals surface area (Å²) in [6, 6.07) is 3.42. The van der Waals surface area contributed by atoms with E-state index in [4.69, 9.17) is 0 Å². The van der Waals surface area contributed by atoms with Crippen molar-refractivity contribution >= 4 is 17.6 Å². The average molecular weight is 290 g/mol. The summed E-state index contributed by atoms with van der Waals surface area (Å²) in [6.45, 7) is 2.15. The van der Waals surface area contributed by atoms with Crippen molar-refractivity contribution in [3.8, 4) is 0 Å². The molecule has 0 unspecified atom stereocenters. The van der Waals surface area contributed by atoms with Gasteiger partial charge in [0, 0.05) is 12.2 Å². The number of hydrogen-bond donors (Lipinski definition) is 3. The maximum Gasteiger partial charge on any atom is 0.315 e. The predicted molar refractivity (Wildman–Crippen MR) is 80.8 cm³/mol. The zero-order chi connectivity index (χ0) is 15.1. The van der Waals surface area contributed by atoms with E-state index in [1.807, 2.05) is 0 Å². The molecule has 0 saturated heterocycles. The number of pyridine rings is 1. The van der Waals surface area contributed by atoms with E-state index in [2.05, 4.69) is 27.9 Å². The Morgan fingerprint density at radius 3 is 2.95 bits per heavy atom. The van der Waals surface area contributed by atoms with E-state index >= 15 is 0 Å². The molecule has 1 saturated carbocycles. The number of nitrogens with zero attached hydrogens (tertiary/aromatic N) is 1. The lowest BCUT2D eigenvalue weighted by Crippen LogP contribution is -2.46. The molecule has 0 bridgehead atoms. The van der Waals surface area contributed by atoms with Crippen molar-refractivity contribution in [3.63, 3.8) is 0 Å². The molecule has 1 aromatic rings. The van der Waals surface area contributed by atoms with Crippen molar-refractivity contribution in [2.45, 2.75) is 38.6 Å². The van der Waals surface area contributed by atoms with Crippen LogP contribution in [-0.4, -0.2) is 29.5 Å². The minimum Gasteiger partial charge on any atom is -0.335 e. The van der Waals surface area contributed by atoms with Gasteiger partial charge in [0.2, 0.25) is 5.91 Å². The molecule has 3 N–H and O–H groups in total. The standard InChI is InChI=1S/C15H22N4O2/c1-11-4-2-5-12(8-11)19-15(21)17-10-14(20)18-13-6-3-7-16-9-13/h3,6-7,9,11-12H,2,4-5,8,10H2,1H3,(H,18,20)(H2,17,19,21)/t11-,12+/m1/s1. The van der Waals surface area contributed by atoms with Gasteiger partial charge in [0.05, 0.1) is 18.4 Å². The summed E-state index contributed by atoms with van der Waals surface area (Å²) in [5.41, 5.74) is 0.616. The van der Waals surface area contributed by atoms with Crippen LogP contribution in [-0.2, 0) is 4.79 Å². The zero-order valence-electron chi connectivity index (χ0n) is 12.3. The monoisotopic (exact) mass is 290 g/mol. The highest BCUT2D eigenvalue weighted by Crippen LogP contribution is 2.23. The smallest absolute Gasteiger partial charge is 0.315 e. The number of rotatable bonds is 4. The molecule has 1 fully saturated rings. The van der Waals surface area contributed by atoms with E-state index in [0.29, 0.717) is 11.6 Å². The minimum atomic E-state index is -0.282. The lowest BCUT2D eigenvalue weighted by Gasteiger charge is -2.27. The average Bonchev–Trinajstić information content (AvgIpc) is 2.46. The topological polar surface area (TPSA) is 83.1 Å². The molecule has 2 rings (SSSR count). The molecule has 0 aliphatic heterocycles. The Morgan fingerprint density at radius 2 is 2.24 bits per heavy atom. The minimum absolute atomic E-state index is 0.0526. The maximum absolute atomic E-state index is 11.8. The Morgan fingerprint density at radius 1 is 1.38 bits per heavy atom. The summed E-state index contributed by atoms with van der Waals surface area (Å²) in [4.78, 5) is 27.3. The summed E-state index contributed by atoms with van der Waals surface area (Å²) < 4.78 is 0. The molecule has 0 aromatic carbocycles. The maximum atomic E-state index is 11.8. The van der Waals surface area contributed by atoms with Crippen LogP contribution in [0.25, 0.3) is 0 Å². The second-order valence-corrected chi connectivity index (χ2v) is 5.59. The van der Waals surface area contributed by atoms with Gasteiger partial charge in [-0.2, -0.15) is 0 Å². The Kier molecular flexibility index (Phi) is 5.54. The van der Waals surface area contributed by atoms with E-state index in [1.54, 1.807) is 24.5 Å². The molecule has 3 amide bonds. The first-order chi connectivity index (χ1) is 10.1. The summed E-state index contributed by atoms with van der Waals surface area (Å²) in [6.07, 6.45) is 7.59. The molecule has 1 heterocycles. The van der Waals surface area contributed by atoms with Crippen LogP contribution in [0.1, 0.15) is 32.6 Å². The van der Waals surface area contributed by atoms with Gasteiger partial charge < -0.3 is 16.0 Å². The summed E-state index contributed by atoms with van der Waals surface area (Å²) >= 11 is 0. The van der Waals surface area contributed by atoms with Crippen molar-refractivity contribution < 1.29 is 9.59 Å². The highest BCUT2D eigenvalue weighted by molar-refractivity contribution is 5.94. The first-order valence-corrected chi connectivity index (χ1v) is 7.37. The Bertz CT molecular complexity index is 478. The van der Waals surface area contributed by atoms with Crippen molar-refractivity contribution in [1.82, 2.24) is 15.6 Å². The summed E-state index contributed by atoms with van der Waals surface area (Å²) in [7, 11) is 0. The van der Waals surface area contributed by atoms with Crippen molar-refractivity contribution in [1.29, 1.82) is 0 Å². The number of hydrogen-bond acceptors (Lipinski definition) is 3. The number of amides is 3. The Balaban J connectivity index is 1.67.